The van der Waals surface area contributed by atoms with Crippen LogP contribution in [0.2, 0.25) is 0 Å². The summed E-state index contributed by atoms with van der Waals surface area (Å²) in [6, 6.07) is 18.9. The number of ether oxygens (including phenoxy) is 2. The van der Waals surface area contributed by atoms with E-state index >= 15 is 0 Å². The van der Waals surface area contributed by atoms with Crippen LogP contribution in [0.3, 0.4) is 0 Å². The minimum Gasteiger partial charge on any atom is -0.444 e. The van der Waals surface area contributed by atoms with E-state index in [1.807, 2.05) is 26.8 Å². The van der Waals surface area contributed by atoms with Crippen LogP contribution in [-0.4, -0.2) is 25.3 Å². The molecule has 4 nitrogen and oxygen atoms in total. The van der Waals surface area contributed by atoms with Gasteiger partial charge in [0.1, 0.15) is 5.60 Å². The Labute approximate surface area is 162 Å². The van der Waals surface area contributed by atoms with Gasteiger partial charge in [-0.05, 0) is 50.3 Å². The molecule has 0 bridgehead atoms. The Balaban J connectivity index is 1.86. The Kier molecular flexibility index (Phi) is 7.86. The summed E-state index contributed by atoms with van der Waals surface area (Å²) in [6.45, 7) is 6.18. The lowest BCUT2D eigenvalue weighted by Crippen LogP contribution is -2.33. The van der Waals surface area contributed by atoms with Crippen LogP contribution in [0.5, 0.6) is 0 Å². The van der Waals surface area contributed by atoms with Gasteiger partial charge >= 0.3 is 6.09 Å². The molecule has 0 fully saturated rings. The van der Waals surface area contributed by atoms with E-state index in [0.717, 1.165) is 19.3 Å². The first-order valence-corrected chi connectivity index (χ1v) is 9.50. The van der Waals surface area contributed by atoms with E-state index in [-0.39, 0.29) is 12.2 Å². The van der Waals surface area contributed by atoms with Crippen molar-refractivity contribution in [3.8, 4) is 0 Å². The van der Waals surface area contributed by atoms with Gasteiger partial charge in [0.2, 0.25) is 0 Å². The van der Waals surface area contributed by atoms with Crippen molar-refractivity contribution in [2.75, 3.05) is 13.7 Å². The lowest BCUT2D eigenvalue weighted by atomic mass is 9.98. The molecule has 1 amide bonds. The van der Waals surface area contributed by atoms with Gasteiger partial charge in [0.05, 0.1) is 6.10 Å². The largest absolute Gasteiger partial charge is 0.444 e. The number of nitrogens with one attached hydrogen (secondary N) is 1. The third-order valence-corrected chi connectivity index (χ3v) is 4.18. The monoisotopic (exact) mass is 369 g/mol. The molecule has 146 valence electrons. The number of methoxy groups -OCH3 is 1. The topological polar surface area (TPSA) is 47.6 Å². The van der Waals surface area contributed by atoms with Crippen LogP contribution in [0.15, 0.2) is 54.6 Å². The Bertz CT molecular complexity index is 707. The van der Waals surface area contributed by atoms with Crippen molar-refractivity contribution >= 4 is 6.09 Å². The first-order valence-electron chi connectivity index (χ1n) is 9.50. The molecule has 0 spiro atoms. The highest BCUT2D eigenvalue weighted by atomic mass is 16.6. The van der Waals surface area contributed by atoms with Crippen LogP contribution in [-0.2, 0) is 22.3 Å². The summed E-state index contributed by atoms with van der Waals surface area (Å²) in [7, 11) is 1.75. The number of carbonyl (C=O) groups is 1. The summed E-state index contributed by atoms with van der Waals surface area (Å²) in [5, 5.41) is 2.80. The average Bonchev–Trinajstić information content (AvgIpc) is 2.63. The minimum absolute atomic E-state index is 0.0345. The highest BCUT2D eigenvalue weighted by Gasteiger charge is 2.15. The van der Waals surface area contributed by atoms with Crippen LogP contribution < -0.4 is 5.32 Å². The standard InChI is InChI=1S/C23H31NO3/c1-23(2,3)27-22(25)24-15-9-13-18-12-8-14-20(16-18)21(26-4)17-19-10-6-5-7-11-19/h5-8,10-12,14,16,21H,9,13,15,17H2,1-4H3,(H,24,25). The molecule has 27 heavy (non-hydrogen) atoms. The second kappa shape index (κ2) is 10.1. The summed E-state index contributed by atoms with van der Waals surface area (Å²) in [6.07, 6.45) is 2.27. The Hall–Kier alpha value is -2.33. The summed E-state index contributed by atoms with van der Waals surface area (Å²) < 4.78 is 11.0. The lowest BCUT2D eigenvalue weighted by Gasteiger charge is -2.19. The van der Waals surface area contributed by atoms with Crippen molar-refractivity contribution in [1.29, 1.82) is 0 Å². The molecule has 2 rings (SSSR count). The van der Waals surface area contributed by atoms with Gasteiger partial charge < -0.3 is 14.8 Å². The molecular weight excluding hydrogens is 338 g/mol. The molecule has 0 heterocycles. The predicted octanol–water partition coefficient (Wildman–Crippen LogP) is 5.07. The molecule has 0 aliphatic heterocycles. The molecule has 1 unspecified atom stereocenters. The summed E-state index contributed by atoms with van der Waals surface area (Å²) in [4.78, 5) is 11.7. The number of carbonyl (C=O) groups excluding carboxylic acids is 1. The maximum Gasteiger partial charge on any atom is 0.407 e. The second-order valence-electron chi connectivity index (χ2n) is 7.69. The number of amides is 1. The maximum atomic E-state index is 11.7. The van der Waals surface area contributed by atoms with E-state index in [0.29, 0.717) is 6.54 Å². The van der Waals surface area contributed by atoms with E-state index in [2.05, 4.69) is 53.8 Å². The fourth-order valence-corrected chi connectivity index (χ4v) is 2.91. The molecular formula is C23H31NO3. The number of hydrogen-bond donors (Lipinski definition) is 1. The van der Waals surface area contributed by atoms with Gasteiger partial charge in [-0.3, -0.25) is 0 Å². The number of aryl methyl sites for hydroxylation is 1. The van der Waals surface area contributed by atoms with Crippen molar-refractivity contribution in [2.45, 2.75) is 51.7 Å². The smallest absolute Gasteiger partial charge is 0.407 e. The minimum atomic E-state index is -0.466. The van der Waals surface area contributed by atoms with Gasteiger partial charge in [-0.15, -0.1) is 0 Å². The van der Waals surface area contributed by atoms with Crippen LogP contribution in [0.4, 0.5) is 4.79 Å². The summed E-state index contributed by atoms with van der Waals surface area (Å²) >= 11 is 0. The highest BCUT2D eigenvalue weighted by Crippen LogP contribution is 2.23. The SMILES string of the molecule is COC(Cc1ccccc1)c1cccc(CCCNC(=O)OC(C)(C)C)c1. The highest BCUT2D eigenvalue weighted by molar-refractivity contribution is 5.67. The number of benzene rings is 2. The quantitative estimate of drug-likeness (QED) is 0.661. The first kappa shape index (κ1) is 21.0. The molecule has 0 aliphatic rings. The van der Waals surface area contributed by atoms with Crippen LogP contribution in [0, 0.1) is 0 Å². The molecule has 1 N–H and O–H groups in total. The molecule has 0 saturated carbocycles. The van der Waals surface area contributed by atoms with Gasteiger partial charge in [0.25, 0.3) is 0 Å². The van der Waals surface area contributed by atoms with Crippen molar-refractivity contribution < 1.29 is 14.3 Å². The van der Waals surface area contributed by atoms with E-state index in [1.165, 1.54) is 16.7 Å². The van der Waals surface area contributed by atoms with Crippen molar-refractivity contribution in [1.82, 2.24) is 5.32 Å². The van der Waals surface area contributed by atoms with E-state index in [4.69, 9.17) is 9.47 Å². The average molecular weight is 370 g/mol. The number of rotatable bonds is 8. The zero-order valence-corrected chi connectivity index (χ0v) is 16.8. The van der Waals surface area contributed by atoms with Crippen LogP contribution in [0.1, 0.15) is 50.0 Å². The zero-order valence-electron chi connectivity index (χ0n) is 16.8. The molecule has 0 aliphatic carbocycles. The molecule has 0 radical (unpaired) electrons. The Morgan fingerprint density at radius 2 is 1.74 bits per heavy atom. The van der Waals surface area contributed by atoms with E-state index in [9.17, 15) is 4.79 Å². The number of hydrogen-bond acceptors (Lipinski definition) is 3. The third-order valence-electron chi connectivity index (χ3n) is 4.18. The van der Waals surface area contributed by atoms with Gasteiger partial charge in [0.15, 0.2) is 0 Å². The summed E-state index contributed by atoms with van der Waals surface area (Å²) in [5.74, 6) is 0. The molecule has 2 aromatic carbocycles. The first-order chi connectivity index (χ1) is 12.9. The van der Waals surface area contributed by atoms with Crippen molar-refractivity contribution in [3.05, 3.63) is 71.3 Å². The van der Waals surface area contributed by atoms with Crippen LogP contribution in [0.25, 0.3) is 0 Å². The molecule has 1 atom stereocenters. The normalized spacial score (nSPS) is 12.4. The molecule has 0 aromatic heterocycles. The fourth-order valence-electron chi connectivity index (χ4n) is 2.91. The Morgan fingerprint density at radius 1 is 1.04 bits per heavy atom. The second-order valence-corrected chi connectivity index (χ2v) is 7.69. The van der Waals surface area contributed by atoms with Gasteiger partial charge in [-0.25, -0.2) is 4.79 Å². The van der Waals surface area contributed by atoms with E-state index < -0.39 is 5.60 Å². The number of alkyl carbamates (subject to hydrolysis) is 1. The fraction of sp³-hybridized carbons (Fsp3) is 0.435. The molecule has 2 aromatic rings. The molecule has 0 saturated heterocycles. The van der Waals surface area contributed by atoms with Gasteiger partial charge in [-0.1, -0.05) is 54.6 Å². The predicted molar refractivity (Wildman–Crippen MR) is 109 cm³/mol. The molecule has 4 heteroatoms. The van der Waals surface area contributed by atoms with Crippen molar-refractivity contribution in [2.24, 2.45) is 0 Å². The maximum absolute atomic E-state index is 11.7. The zero-order chi connectivity index (χ0) is 19.7. The third kappa shape index (κ3) is 7.83. The van der Waals surface area contributed by atoms with Crippen molar-refractivity contribution in [3.63, 3.8) is 0 Å². The Morgan fingerprint density at radius 3 is 2.41 bits per heavy atom. The lowest BCUT2D eigenvalue weighted by molar-refractivity contribution is 0.0527. The summed E-state index contributed by atoms with van der Waals surface area (Å²) in [5.41, 5.74) is 3.22. The van der Waals surface area contributed by atoms with E-state index in [1.54, 1.807) is 7.11 Å². The van der Waals surface area contributed by atoms with Gasteiger partial charge in [0, 0.05) is 20.1 Å². The van der Waals surface area contributed by atoms with Gasteiger partial charge in [-0.2, -0.15) is 0 Å². The van der Waals surface area contributed by atoms with Crippen LogP contribution >= 0.6 is 0 Å².